The van der Waals surface area contributed by atoms with Crippen molar-refractivity contribution >= 4 is 27.5 Å². The monoisotopic (exact) mass is 325 g/mol. The molecule has 2 nitrogen and oxygen atoms in total. The molecule has 4 heteroatoms. The van der Waals surface area contributed by atoms with E-state index < -0.39 is 0 Å². The summed E-state index contributed by atoms with van der Waals surface area (Å²) < 4.78 is 6.65. The molecule has 18 heavy (non-hydrogen) atoms. The fourth-order valence-corrected chi connectivity index (χ4v) is 1.91. The van der Waals surface area contributed by atoms with Crippen LogP contribution in [0.15, 0.2) is 53.0 Å². The van der Waals surface area contributed by atoms with Gasteiger partial charge in [-0.3, -0.25) is 0 Å². The first-order chi connectivity index (χ1) is 8.65. The van der Waals surface area contributed by atoms with E-state index in [-0.39, 0.29) is 6.04 Å². The molecule has 0 aliphatic carbocycles. The summed E-state index contributed by atoms with van der Waals surface area (Å²) >= 11 is 9.20. The van der Waals surface area contributed by atoms with Crippen LogP contribution in [0.5, 0.6) is 5.75 Å². The molecule has 0 fully saturated rings. The minimum absolute atomic E-state index is 0.161. The Morgan fingerprint density at radius 3 is 2.28 bits per heavy atom. The lowest BCUT2D eigenvalue weighted by atomic mass is 10.1. The molecule has 2 aromatic rings. The number of hydrogen-bond donors (Lipinski definition) is 1. The van der Waals surface area contributed by atoms with Crippen LogP contribution in [0.3, 0.4) is 0 Å². The molecule has 0 heterocycles. The van der Waals surface area contributed by atoms with Gasteiger partial charge in [0, 0.05) is 9.50 Å². The molecule has 0 saturated carbocycles. The van der Waals surface area contributed by atoms with Crippen molar-refractivity contribution in [3.63, 3.8) is 0 Å². The molecule has 0 amide bonds. The average molecular weight is 327 g/mol. The van der Waals surface area contributed by atoms with Crippen molar-refractivity contribution in [1.82, 2.24) is 0 Å². The topological polar surface area (TPSA) is 35.2 Å². The molecule has 0 radical (unpaired) electrons. The van der Waals surface area contributed by atoms with Crippen molar-refractivity contribution in [2.45, 2.75) is 6.04 Å². The van der Waals surface area contributed by atoms with Crippen LogP contribution in [-0.2, 0) is 0 Å². The minimum atomic E-state index is -0.161. The second kappa shape index (κ2) is 6.23. The van der Waals surface area contributed by atoms with E-state index in [0.717, 1.165) is 15.8 Å². The van der Waals surface area contributed by atoms with E-state index in [9.17, 15) is 0 Å². The predicted molar refractivity (Wildman–Crippen MR) is 78.0 cm³/mol. The quantitative estimate of drug-likeness (QED) is 0.914. The number of benzene rings is 2. The van der Waals surface area contributed by atoms with E-state index in [1.807, 2.05) is 48.5 Å². The van der Waals surface area contributed by atoms with Crippen LogP contribution in [-0.4, -0.2) is 6.61 Å². The van der Waals surface area contributed by atoms with E-state index in [1.54, 1.807) is 0 Å². The molecule has 0 aliphatic rings. The lowest BCUT2D eigenvalue weighted by Crippen LogP contribution is -2.18. The van der Waals surface area contributed by atoms with Gasteiger partial charge >= 0.3 is 0 Å². The fraction of sp³-hybridized carbons (Fsp3) is 0.143. The van der Waals surface area contributed by atoms with E-state index >= 15 is 0 Å². The standard InChI is InChI=1S/C14H13BrClNO/c15-11-3-7-13(8-4-11)18-9-14(17)10-1-5-12(16)6-2-10/h1-8,14H,9,17H2. The van der Waals surface area contributed by atoms with Gasteiger partial charge in [-0.15, -0.1) is 0 Å². The van der Waals surface area contributed by atoms with E-state index in [4.69, 9.17) is 22.1 Å². The Morgan fingerprint density at radius 2 is 1.67 bits per heavy atom. The van der Waals surface area contributed by atoms with E-state index in [0.29, 0.717) is 11.6 Å². The van der Waals surface area contributed by atoms with Gasteiger partial charge in [0.05, 0.1) is 6.04 Å². The smallest absolute Gasteiger partial charge is 0.119 e. The zero-order valence-corrected chi connectivity index (χ0v) is 12.0. The summed E-state index contributed by atoms with van der Waals surface area (Å²) in [6.45, 7) is 0.434. The van der Waals surface area contributed by atoms with Gasteiger partial charge in [-0.25, -0.2) is 0 Å². The number of nitrogens with two attached hydrogens (primary N) is 1. The third kappa shape index (κ3) is 3.73. The Hall–Kier alpha value is -1.03. The summed E-state index contributed by atoms with van der Waals surface area (Å²) in [7, 11) is 0. The maximum atomic E-state index is 6.05. The molecule has 2 aromatic carbocycles. The van der Waals surface area contributed by atoms with Gasteiger partial charge in [-0.2, -0.15) is 0 Å². The lowest BCUT2D eigenvalue weighted by Gasteiger charge is -2.13. The summed E-state index contributed by atoms with van der Waals surface area (Å²) in [6, 6.07) is 15.0. The largest absolute Gasteiger partial charge is 0.492 e. The Bertz CT molecular complexity index is 498. The molecular formula is C14H13BrClNO. The van der Waals surface area contributed by atoms with Crippen molar-refractivity contribution in [2.75, 3.05) is 6.61 Å². The normalized spacial score (nSPS) is 12.2. The molecule has 1 atom stereocenters. The van der Waals surface area contributed by atoms with E-state index in [2.05, 4.69) is 15.9 Å². The fourth-order valence-electron chi connectivity index (χ4n) is 1.52. The highest BCUT2D eigenvalue weighted by Crippen LogP contribution is 2.19. The van der Waals surface area contributed by atoms with Crippen molar-refractivity contribution in [3.05, 3.63) is 63.6 Å². The zero-order chi connectivity index (χ0) is 13.0. The highest BCUT2D eigenvalue weighted by Gasteiger charge is 2.06. The summed E-state index contributed by atoms with van der Waals surface area (Å²) in [4.78, 5) is 0. The van der Waals surface area contributed by atoms with Crippen LogP contribution in [0.25, 0.3) is 0 Å². The SMILES string of the molecule is NC(COc1ccc(Br)cc1)c1ccc(Cl)cc1. The number of halogens is 2. The van der Waals surface area contributed by atoms with Crippen LogP contribution < -0.4 is 10.5 Å². The summed E-state index contributed by atoms with van der Waals surface area (Å²) in [6.07, 6.45) is 0. The lowest BCUT2D eigenvalue weighted by molar-refractivity contribution is 0.290. The van der Waals surface area contributed by atoms with Crippen molar-refractivity contribution < 1.29 is 4.74 Å². The van der Waals surface area contributed by atoms with Crippen LogP contribution in [0, 0.1) is 0 Å². The van der Waals surface area contributed by atoms with Gasteiger partial charge in [0.25, 0.3) is 0 Å². The van der Waals surface area contributed by atoms with Crippen LogP contribution >= 0.6 is 27.5 Å². The van der Waals surface area contributed by atoms with Crippen molar-refractivity contribution in [1.29, 1.82) is 0 Å². The first-order valence-electron chi connectivity index (χ1n) is 5.54. The maximum Gasteiger partial charge on any atom is 0.119 e. The molecular weight excluding hydrogens is 314 g/mol. The van der Waals surface area contributed by atoms with Crippen molar-refractivity contribution in [2.24, 2.45) is 5.73 Å². The van der Waals surface area contributed by atoms with Crippen LogP contribution in [0.1, 0.15) is 11.6 Å². The van der Waals surface area contributed by atoms with Gasteiger partial charge in [0.15, 0.2) is 0 Å². The van der Waals surface area contributed by atoms with Gasteiger partial charge in [0.2, 0.25) is 0 Å². The molecule has 0 bridgehead atoms. The molecule has 2 rings (SSSR count). The van der Waals surface area contributed by atoms with Crippen LogP contribution in [0.2, 0.25) is 5.02 Å². The summed E-state index contributed by atoms with van der Waals surface area (Å²) in [5, 5.41) is 0.708. The minimum Gasteiger partial charge on any atom is -0.492 e. The maximum absolute atomic E-state index is 6.05. The average Bonchev–Trinajstić information content (AvgIpc) is 2.38. The Labute approximate surface area is 120 Å². The second-order valence-corrected chi connectivity index (χ2v) is 5.28. The Balaban J connectivity index is 1.93. The van der Waals surface area contributed by atoms with E-state index in [1.165, 1.54) is 0 Å². The summed E-state index contributed by atoms with van der Waals surface area (Å²) in [5.74, 6) is 0.808. The highest BCUT2D eigenvalue weighted by atomic mass is 79.9. The third-order valence-corrected chi connectivity index (χ3v) is 3.32. The molecule has 0 saturated heterocycles. The predicted octanol–water partition coefficient (Wildman–Crippen LogP) is 4.18. The molecule has 0 spiro atoms. The third-order valence-electron chi connectivity index (χ3n) is 2.54. The molecule has 94 valence electrons. The van der Waals surface area contributed by atoms with Gasteiger partial charge in [0.1, 0.15) is 12.4 Å². The number of hydrogen-bond acceptors (Lipinski definition) is 2. The Kier molecular flexibility index (Phi) is 4.64. The molecule has 0 aromatic heterocycles. The van der Waals surface area contributed by atoms with Crippen molar-refractivity contribution in [3.8, 4) is 5.75 Å². The molecule has 2 N–H and O–H groups in total. The first-order valence-corrected chi connectivity index (χ1v) is 6.71. The highest BCUT2D eigenvalue weighted by molar-refractivity contribution is 9.10. The second-order valence-electron chi connectivity index (χ2n) is 3.92. The first kappa shape index (κ1) is 13.4. The zero-order valence-electron chi connectivity index (χ0n) is 9.64. The van der Waals surface area contributed by atoms with Gasteiger partial charge in [-0.1, -0.05) is 39.7 Å². The van der Waals surface area contributed by atoms with Crippen LogP contribution in [0.4, 0.5) is 0 Å². The number of ether oxygens (including phenoxy) is 1. The molecule has 1 unspecified atom stereocenters. The summed E-state index contributed by atoms with van der Waals surface area (Å²) in [5.41, 5.74) is 7.06. The van der Waals surface area contributed by atoms with Gasteiger partial charge < -0.3 is 10.5 Å². The van der Waals surface area contributed by atoms with Gasteiger partial charge in [-0.05, 0) is 42.0 Å². The molecule has 0 aliphatic heterocycles. The number of rotatable bonds is 4. The Morgan fingerprint density at radius 1 is 1.06 bits per heavy atom.